The minimum absolute atomic E-state index is 0.684. The monoisotopic (exact) mass is 254 g/mol. The zero-order valence-electron chi connectivity index (χ0n) is 12.5. The van der Waals surface area contributed by atoms with E-state index in [1.165, 1.54) is 83.7 Å². The molecular formula is C16H34N2. The summed E-state index contributed by atoms with van der Waals surface area (Å²) in [6.07, 6.45) is 15.4. The van der Waals surface area contributed by atoms with E-state index in [-0.39, 0.29) is 0 Å². The summed E-state index contributed by atoms with van der Waals surface area (Å²) >= 11 is 0. The molecule has 2 N–H and O–H groups in total. The number of unbranched alkanes of at least 4 members (excludes halogenated alkanes) is 7. The summed E-state index contributed by atoms with van der Waals surface area (Å²) in [4.78, 5) is 2.64. The SMILES string of the molecule is CCCCCCCCCCN1CCCCC1CN. The Hall–Kier alpha value is -0.0800. The molecule has 0 spiro atoms. The van der Waals surface area contributed by atoms with Crippen molar-refractivity contribution in [2.24, 2.45) is 5.73 Å². The second-order valence-electron chi connectivity index (χ2n) is 5.90. The highest BCUT2D eigenvalue weighted by atomic mass is 15.2. The largest absolute Gasteiger partial charge is 0.329 e. The van der Waals surface area contributed by atoms with E-state index < -0.39 is 0 Å². The first-order chi connectivity index (χ1) is 8.88. The van der Waals surface area contributed by atoms with Crippen molar-refractivity contribution >= 4 is 0 Å². The van der Waals surface area contributed by atoms with Gasteiger partial charge >= 0.3 is 0 Å². The number of likely N-dealkylation sites (tertiary alicyclic amines) is 1. The first-order valence-corrected chi connectivity index (χ1v) is 8.32. The van der Waals surface area contributed by atoms with E-state index in [4.69, 9.17) is 5.73 Å². The summed E-state index contributed by atoms with van der Waals surface area (Å²) in [6, 6.07) is 0.684. The van der Waals surface area contributed by atoms with Gasteiger partial charge < -0.3 is 5.73 Å². The molecule has 1 unspecified atom stereocenters. The number of hydrogen-bond donors (Lipinski definition) is 1. The van der Waals surface area contributed by atoms with Crippen LogP contribution in [0.1, 0.15) is 77.6 Å². The molecule has 1 heterocycles. The van der Waals surface area contributed by atoms with Crippen LogP contribution in [-0.4, -0.2) is 30.6 Å². The molecule has 0 aromatic heterocycles. The molecule has 1 aliphatic heterocycles. The number of nitrogens with zero attached hydrogens (tertiary/aromatic N) is 1. The Kier molecular flexibility index (Phi) is 9.59. The van der Waals surface area contributed by atoms with Crippen LogP contribution in [0, 0.1) is 0 Å². The molecule has 0 aromatic carbocycles. The molecule has 2 heteroatoms. The van der Waals surface area contributed by atoms with Crippen molar-refractivity contribution < 1.29 is 0 Å². The lowest BCUT2D eigenvalue weighted by Crippen LogP contribution is -2.44. The van der Waals surface area contributed by atoms with Crippen LogP contribution in [0.2, 0.25) is 0 Å². The Morgan fingerprint density at radius 1 is 0.944 bits per heavy atom. The summed E-state index contributed by atoms with van der Waals surface area (Å²) in [5.74, 6) is 0. The number of piperidine rings is 1. The smallest absolute Gasteiger partial charge is 0.0218 e. The van der Waals surface area contributed by atoms with Crippen molar-refractivity contribution in [2.75, 3.05) is 19.6 Å². The molecule has 0 saturated carbocycles. The first-order valence-electron chi connectivity index (χ1n) is 8.32. The highest BCUT2D eigenvalue weighted by molar-refractivity contribution is 4.77. The first kappa shape index (κ1) is 16.0. The zero-order chi connectivity index (χ0) is 13.1. The van der Waals surface area contributed by atoms with Crippen LogP contribution in [0.3, 0.4) is 0 Å². The predicted molar refractivity (Wildman–Crippen MR) is 80.9 cm³/mol. The Morgan fingerprint density at radius 2 is 1.61 bits per heavy atom. The van der Waals surface area contributed by atoms with Gasteiger partial charge in [0.05, 0.1) is 0 Å². The zero-order valence-corrected chi connectivity index (χ0v) is 12.5. The third kappa shape index (κ3) is 6.75. The lowest BCUT2D eigenvalue weighted by atomic mass is 10.0. The van der Waals surface area contributed by atoms with Crippen LogP contribution in [0.15, 0.2) is 0 Å². The van der Waals surface area contributed by atoms with Crippen molar-refractivity contribution in [1.82, 2.24) is 4.90 Å². The molecule has 0 amide bonds. The molecular weight excluding hydrogens is 220 g/mol. The van der Waals surface area contributed by atoms with Crippen LogP contribution >= 0.6 is 0 Å². The normalized spacial score (nSPS) is 21.3. The molecule has 18 heavy (non-hydrogen) atoms. The van der Waals surface area contributed by atoms with Gasteiger partial charge in [-0.05, 0) is 32.4 Å². The number of rotatable bonds is 10. The van der Waals surface area contributed by atoms with E-state index in [1.807, 2.05) is 0 Å². The minimum Gasteiger partial charge on any atom is -0.329 e. The number of nitrogens with two attached hydrogens (primary N) is 1. The maximum atomic E-state index is 5.85. The number of hydrogen-bond acceptors (Lipinski definition) is 2. The minimum atomic E-state index is 0.684. The molecule has 1 fully saturated rings. The summed E-state index contributed by atoms with van der Waals surface area (Å²) in [5.41, 5.74) is 5.85. The van der Waals surface area contributed by atoms with Crippen molar-refractivity contribution in [3.63, 3.8) is 0 Å². The van der Waals surface area contributed by atoms with Crippen LogP contribution in [-0.2, 0) is 0 Å². The fraction of sp³-hybridized carbons (Fsp3) is 1.00. The van der Waals surface area contributed by atoms with Crippen LogP contribution in [0.5, 0.6) is 0 Å². The van der Waals surface area contributed by atoms with E-state index in [0.717, 1.165) is 6.54 Å². The Balaban J connectivity index is 1.93. The summed E-state index contributed by atoms with van der Waals surface area (Å²) in [6.45, 7) is 5.72. The molecule has 1 saturated heterocycles. The van der Waals surface area contributed by atoms with Crippen LogP contribution < -0.4 is 5.73 Å². The van der Waals surface area contributed by atoms with Gasteiger partial charge in [-0.15, -0.1) is 0 Å². The third-order valence-corrected chi connectivity index (χ3v) is 4.32. The van der Waals surface area contributed by atoms with Crippen LogP contribution in [0.25, 0.3) is 0 Å². The molecule has 0 radical (unpaired) electrons. The predicted octanol–water partition coefficient (Wildman–Crippen LogP) is 3.94. The Morgan fingerprint density at radius 3 is 2.28 bits per heavy atom. The summed E-state index contributed by atoms with van der Waals surface area (Å²) in [5, 5.41) is 0. The lowest BCUT2D eigenvalue weighted by Gasteiger charge is -2.34. The summed E-state index contributed by atoms with van der Waals surface area (Å²) in [7, 11) is 0. The van der Waals surface area contributed by atoms with Gasteiger partial charge in [-0.25, -0.2) is 0 Å². The molecule has 0 aromatic rings. The lowest BCUT2D eigenvalue weighted by molar-refractivity contribution is 0.150. The van der Waals surface area contributed by atoms with Gasteiger partial charge in [-0.1, -0.05) is 58.3 Å². The molecule has 0 aliphatic carbocycles. The fourth-order valence-corrected chi connectivity index (χ4v) is 3.07. The molecule has 1 aliphatic rings. The second-order valence-corrected chi connectivity index (χ2v) is 5.90. The van der Waals surface area contributed by atoms with Gasteiger partial charge in [-0.3, -0.25) is 4.90 Å². The van der Waals surface area contributed by atoms with Gasteiger partial charge in [0.1, 0.15) is 0 Å². The molecule has 0 bridgehead atoms. The molecule has 108 valence electrons. The van der Waals surface area contributed by atoms with Gasteiger partial charge in [0.15, 0.2) is 0 Å². The maximum absolute atomic E-state index is 5.85. The standard InChI is InChI=1S/C16H34N2/c1-2-3-4-5-6-7-8-10-13-18-14-11-9-12-16(18)15-17/h16H,2-15,17H2,1H3. The highest BCUT2D eigenvalue weighted by Gasteiger charge is 2.19. The van der Waals surface area contributed by atoms with Crippen molar-refractivity contribution in [3.05, 3.63) is 0 Å². The van der Waals surface area contributed by atoms with Crippen molar-refractivity contribution in [2.45, 2.75) is 83.6 Å². The van der Waals surface area contributed by atoms with E-state index in [0.29, 0.717) is 6.04 Å². The van der Waals surface area contributed by atoms with E-state index in [2.05, 4.69) is 11.8 Å². The third-order valence-electron chi connectivity index (χ3n) is 4.32. The van der Waals surface area contributed by atoms with Crippen molar-refractivity contribution in [3.8, 4) is 0 Å². The van der Waals surface area contributed by atoms with Gasteiger partial charge in [0.25, 0.3) is 0 Å². The molecule has 1 rings (SSSR count). The van der Waals surface area contributed by atoms with Crippen molar-refractivity contribution in [1.29, 1.82) is 0 Å². The van der Waals surface area contributed by atoms with Gasteiger partial charge in [0, 0.05) is 12.6 Å². The second kappa shape index (κ2) is 10.8. The topological polar surface area (TPSA) is 29.3 Å². The Labute approximate surface area is 114 Å². The molecule has 1 atom stereocenters. The van der Waals surface area contributed by atoms with Gasteiger partial charge in [-0.2, -0.15) is 0 Å². The highest BCUT2D eigenvalue weighted by Crippen LogP contribution is 2.17. The molecule has 2 nitrogen and oxygen atoms in total. The maximum Gasteiger partial charge on any atom is 0.0218 e. The Bertz CT molecular complexity index is 182. The van der Waals surface area contributed by atoms with Gasteiger partial charge in [0.2, 0.25) is 0 Å². The van der Waals surface area contributed by atoms with Crippen LogP contribution in [0.4, 0.5) is 0 Å². The van der Waals surface area contributed by atoms with E-state index >= 15 is 0 Å². The average Bonchev–Trinajstić information content (AvgIpc) is 2.42. The quantitative estimate of drug-likeness (QED) is 0.598. The summed E-state index contributed by atoms with van der Waals surface area (Å²) < 4.78 is 0. The fourth-order valence-electron chi connectivity index (χ4n) is 3.07. The van der Waals surface area contributed by atoms with E-state index in [9.17, 15) is 0 Å². The average molecular weight is 254 g/mol. The van der Waals surface area contributed by atoms with E-state index in [1.54, 1.807) is 0 Å².